The molecule has 1 heterocycles. The first-order valence-electron chi connectivity index (χ1n) is 11.2. The summed E-state index contributed by atoms with van der Waals surface area (Å²) >= 11 is 0. The highest BCUT2D eigenvalue weighted by Crippen LogP contribution is 2.44. The van der Waals surface area contributed by atoms with E-state index in [1.807, 2.05) is 60.7 Å². The number of halogens is 1. The number of benzene rings is 2. The van der Waals surface area contributed by atoms with Gasteiger partial charge < -0.3 is 35.7 Å². The third kappa shape index (κ3) is 5.61. The summed E-state index contributed by atoms with van der Waals surface area (Å²) in [6, 6.07) is 19.7. The first-order chi connectivity index (χ1) is 15.0. The number of aromatic nitrogens is 1. The summed E-state index contributed by atoms with van der Waals surface area (Å²) in [4.78, 5) is 4.56. The second-order valence-corrected chi connectivity index (χ2v) is 9.22. The molecule has 5 nitrogen and oxygen atoms in total. The Labute approximate surface area is 201 Å². The molecule has 4 rings (SSSR count). The van der Waals surface area contributed by atoms with Crippen molar-refractivity contribution in [3.63, 3.8) is 0 Å². The van der Waals surface area contributed by atoms with Crippen LogP contribution in [-0.4, -0.2) is 41.8 Å². The molecular formula is C26H33BrN2O3. The maximum Gasteiger partial charge on any atom is 0.231 e. The van der Waals surface area contributed by atoms with Gasteiger partial charge in [0.15, 0.2) is 11.4 Å². The molecule has 1 aromatic heterocycles. The molecule has 6 heteroatoms. The number of quaternary nitrogens is 1. The van der Waals surface area contributed by atoms with E-state index in [4.69, 9.17) is 9.15 Å². The lowest BCUT2D eigenvalue weighted by molar-refractivity contribution is -0.904. The van der Waals surface area contributed by atoms with Crippen molar-refractivity contribution in [1.29, 1.82) is 0 Å². The SMILES string of the molecule is C[N+](C)(CCOc1ccccc1)Cc1cnc(C(O)(c2ccccc2)C2CCCC2)o1.[Br-]. The molecule has 172 valence electrons. The van der Waals surface area contributed by atoms with Gasteiger partial charge in [0.2, 0.25) is 5.89 Å². The molecule has 0 amide bonds. The molecule has 0 spiro atoms. The van der Waals surface area contributed by atoms with E-state index in [2.05, 4.69) is 19.1 Å². The second-order valence-electron chi connectivity index (χ2n) is 9.22. The van der Waals surface area contributed by atoms with Gasteiger partial charge in [-0.25, -0.2) is 4.98 Å². The molecule has 2 aromatic carbocycles. The minimum Gasteiger partial charge on any atom is -1.00 e. The maximum absolute atomic E-state index is 11.9. The van der Waals surface area contributed by atoms with Crippen molar-refractivity contribution in [2.75, 3.05) is 27.2 Å². The van der Waals surface area contributed by atoms with E-state index < -0.39 is 5.60 Å². The molecule has 0 bridgehead atoms. The van der Waals surface area contributed by atoms with Gasteiger partial charge in [-0.3, -0.25) is 0 Å². The third-order valence-electron chi connectivity index (χ3n) is 6.33. The van der Waals surface area contributed by atoms with Crippen LogP contribution < -0.4 is 21.7 Å². The predicted molar refractivity (Wildman–Crippen MR) is 121 cm³/mol. The Balaban J connectivity index is 0.00000289. The van der Waals surface area contributed by atoms with E-state index in [1.165, 1.54) is 0 Å². The maximum atomic E-state index is 11.9. The lowest BCUT2D eigenvalue weighted by atomic mass is 9.80. The summed E-state index contributed by atoms with van der Waals surface area (Å²) in [6.07, 6.45) is 6.02. The van der Waals surface area contributed by atoms with Gasteiger partial charge in [-0.05, 0) is 30.5 Å². The topological polar surface area (TPSA) is 55.5 Å². The Hall–Kier alpha value is -2.15. The van der Waals surface area contributed by atoms with Crippen LogP contribution in [0.1, 0.15) is 42.9 Å². The van der Waals surface area contributed by atoms with Crippen LogP contribution in [0.25, 0.3) is 0 Å². The lowest BCUT2D eigenvalue weighted by Crippen LogP contribution is -3.00. The number of oxazole rings is 1. The van der Waals surface area contributed by atoms with Gasteiger partial charge in [-0.15, -0.1) is 0 Å². The molecule has 1 N–H and O–H groups in total. The van der Waals surface area contributed by atoms with Crippen LogP contribution in [0.5, 0.6) is 5.75 Å². The predicted octanol–water partition coefficient (Wildman–Crippen LogP) is 1.76. The van der Waals surface area contributed by atoms with Gasteiger partial charge in [-0.1, -0.05) is 61.4 Å². The number of ether oxygens (including phenoxy) is 1. The average Bonchev–Trinajstić information content (AvgIpc) is 3.47. The highest BCUT2D eigenvalue weighted by atomic mass is 79.9. The van der Waals surface area contributed by atoms with Crippen molar-refractivity contribution in [3.8, 4) is 5.75 Å². The van der Waals surface area contributed by atoms with Gasteiger partial charge in [0.25, 0.3) is 0 Å². The number of likely N-dealkylation sites (N-methyl/N-ethyl adjacent to an activating group) is 1. The summed E-state index contributed by atoms with van der Waals surface area (Å²) in [5.74, 6) is 2.21. The normalized spacial score (nSPS) is 16.3. The summed E-state index contributed by atoms with van der Waals surface area (Å²) in [5, 5.41) is 11.9. The summed E-state index contributed by atoms with van der Waals surface area (Å²) in [7, 11) is 4.30. The largest absolute Gasteiger partial charge is 1.00 e. The molecule has 1 fully saturated rings. The Morgan fingerprint density at radius 3 is 2.31 bits per heavy atom. The fourth-order valence-corrected chi connectivity index (χ4v) is 4.55. The minimum atomic E-state index is -1.18. The fourth-order valence-electron chi connectivity index (χ4n) is 4.55. The van der Waals surface area contributed by atoms with Gasteiger partial charge in [0, 0.05) is 5.92 Å². The molecule has 3 aromatic rings. The standard InChI is InChI=1S/C26H33N2O3.BrH/c1-28(2,17-18-30-23-15-7-4-8-16-23)20-24-19-27-25(31-24)26(29,22-13-9-10-14-22)21-11-5-3-6-12-21;/h3-8,11-12,15-16,19,22,29H,9-10,13-14,17-18,20H2,1-2H3;1H/q+1;/p-1. The van der Waals surface area contributed by atoms with Crippen molar-refractivity contribution >= 4 is 0 Å². The van der Waals surface area contributed by atoms with Crippen LogP contribution in [0.15, 0.2) is 71.3 Å². The Morgan fingerprint density at radius 2 is 1.66 bits per heavy atom. The van der Waals surface area contributed by atoms with Crippen LogP contribution in [0, 0.1) is 5.92 Å². The monoisotopic (exact) mass is 500 g/mol. The zero-order valence-electron chi connectivity index (χ0n) is 18.9. The first-order valence-corrected chi connectivity index (χ1v) is 11.2. The van der Waals surface area contributed by atoms with Gasteiger partial charge in [0.05, 0.1) is 20.3 Å². The van der Waals surface area contributed by atoms with Crippen LogP contribution in [0.4, 0.5) is 0 Å². The average molecular weight is 501 g/mol. The highest BCUT2D eigenvalue weighted by molar-refractivity contribution is 5.30. The molecule has 1 atom stereocenters. The van der Waals surface area contributed by atoms with Gasteiger partial charge in [-0.2, -0.15) is 0 Å². The van der Waals surface area contributed by atoms with Crippen molar-refractivity contribution < 1.29 is 35.7 Å². The van der Waals surface area contributed by atoms with Gasteiger partial charge >= 0.3 is 0 Å². The Morgan fingerprint density at radius 1 is 1.03 bits per heavy atom. The second kappa shape index (κ2) is 10.6. The molecule has 1 unspecified atom stereocenters. The van der Waals surface area contributed by atoms with E-state index in [0.29, 0.717) is 23.5 Å². The van der Waals surface area contributed by atoms with E-state index in [1.54, 1.807) is 6.20 Å². The molecule has 32 heavy (non-hydrogen) atoms. The van der Waals surface area contributed by atoms with E-state index in [9.17, 15) is 5.11 Å². The number of hydrogen-bond donors (Lipinski definition) is 1. The molecule has 0 saturated heterocycles. The lowest BCUT2D eigenvalue weighted by Gasteiger charge is -2.32. The molecule has 1 aliphatic carbocycles. The first kappa shape index (κ1) is 24.5. The third-order valence-corrected chi connectivity index (χ3v) is 6.33. The number of para-hydroxylation sites is 1. The van der Waals surface area contributed by atoms with Gasteiger partial charge in [0.1, 0.15) is 25.4 Å². The van der Waals surface area contributed by atoms with Crippen molar-refractivity contribution in [3.05, 3.63) is 84.1 Å². The highest BCUT2D eigenvalue weighted by Gasteiger charge is 2.45. The van der Waals surface area contributed by atoms with E-state index >= 15 is 0 Å². The molecular weight excluding hydrogens is 468 g/mol. The summed E-state index contributed by atoms with van der Waals surface area (Å²) < 4.78 is 12.8. The van der Waals surface area contributed by atoms with Crippen LogP contribution in [0.3, 0.4) is 0 Å². The van der Waals surface area contributed by atoms with Crippen molar-refractivity contribution in [1.82, 2.24) is 4.98 Å². The van der Waals surface area contributed by atoms with E-state index in [-0.39, 0.29) is 22.9 Å². The zero-order valence-corrected chi connectivity index (χ0v) is 20.5. The van der Waals surface area contributed by atoms with E-state index in [0.717, 1.165) is 49.3 Å². The minimum absolute atomic E-state index is 0. The number of aliphatic hydroxyl groups is 1. The number of rotatable bonds is 9. The van der Waals surface area contributed by atoms with Crippen molar-refractivity contribution in [2.24, 2.45) is 5.92 Å². The van der Waals surface area contributed by atoms with Crippen LogP contribution >= 0.6 is 0 Å². The molecule has 1 saturated carbocycles. The number of nitrogens with zero attached hydrogens (tertiary/aromatic N) is 2. The smallest absolute Gasteiger partial charge is 0.231 e. The van der Waals surface area contributed by atoms with Crippen molar-refractivity contribution in [2.45, 2.75) is 37.8 Å². The fraction of sp³-hybridized carbons (Fsp3) is 0.423. The summed E-state index contributed by atoms with van der Waals surface area (Å²) in [5.41, 5.74) is -0.316. The molecule has 1 aliphatic rings. The molecule has 0 aliphatic heterocycles. The Kier molecular flexibility index (Phi) is 8.15. The quantitative estimate of drug-likeness (QED) is 0.455. The van der Waals surface area contributed by atoms with Crippen LogP contribution in [-0.2, 0) is 12.1 Å². The zero-order chi connectivity index (χ0) is 21.7. The van der Waals surface area contributed by atoms with Crippen LogP contribution in [0.2, 0.25) is 0 Å². The number of hydrogen-bond acceptors (Lipinski definition) is 4. The Bertz CT molecular complexity index is 955. The summed E-state index contributed by atoms with van der Waals surface area (Å²) in [6.45, 7) is 2.13. The molecule has 0 radical (unpaired) electrons.